The largest absolute Gasteiger partial charge is 0.369 e. The van der Waals surface area contributed by atoms with Crippen molar-refractivity contribution in [1.29, 1.82) is 0 Å². The van der Waals surface area contributed by atoms with Crippen LogP contribution in [0.15, 0.2) is 59.5 Å². The molecule has 1 fully saturated rings. The molecule has 0 unspecified atom stereocenters. The number of sulfonamides is 1. The van der Waals surface area contributed by atoms with Gasteiger partial charge in [0.2, 0.25) is 15.9 Å². The average Bonchev–Trinajstić information content (AvgIpc) is 2.76. The number of hydrogen-bond donors (Lipinski definition) is 1. The minimum absolute atomic E-state index is 0.0949. The van der Waals surface area contributed by atoms with Crippen molar-refractivity contribution in [3.05, 3.63) is 54.6 Å². The summed E-state index contributed by atoms with van der Waals surface area (Å²) in [6, 6.07) is 16.7. The summed E-state index contributed by atoms with van der Waals surface area (Å²) in [5.41, 5.74) is 1.81. The van der Waals surface area contributed by atoms with E-state index < -0.39 is 10.0 Å². The Morgan fingerprint density at radius 3 is 2.10 bits per heavy atom. The van der Waals surface area contributed by atoms with Crippen LogP contribution in [-0.2, 0) is 14.8 Å². The first-order valence-corrected chi connectivity index (χ1v) is 11.8. The van der Waals surface area contributed by atoms with E-state index in [-0.39, 0.29) is 10.8 Å². The Kier molecular flexibility index (Phi) is 7.47. The maximum Gasteiger partial charge on any atom is 0.243 e. The van der Waals surface area contributed by atoms with Crippen LogP contribution in [-0.4, -0.2) is 69.3 Å². The normalized spacial score (nSPS) is 15.4. The first-order valence-electron chi connectivity index (χ1n) is 10.4. The molecule has 1 aliphatic rings. The third-order valence-corrected chi connectivity index (χ3v) is 7.41. The molecule has 0 spiro atoms. The number of rotatable bonds is 8. The maximum absolute atomic E-state index is 12.5. The van der Waals surface area contributed by atoms with Gasteiger partial charge in [0, 0.05) is 50.6 Å². The Balaban J connectivity index is 1.51. The molecule has 2 aromatic rings. The molecule has 0 bridgehead atoms. The molecule has 1 aliphatic heterocycles. The molecule has 1 amide bonds. The van der Waals surface area contributed by atoms with E-state index in [9.17, 15) is 13.2 Å². The second-order valence-electron chi connectivity index (χ2n) is 7.26. The van der Waals surface area contributed by atoms with Crippen molar-refractivity contribution in [1.82, 2.24) is 9.21 Å². The zero-order valence-corrected chi connectivity index (χ0v) is 18.4. The van der Waals surface area contributed by atoms with Gasteiger partial charge in [0.05, 0.1) is 11.4 Å². The van der Waals surface area contributed by atoms with Crippen LogP contribution in [0.3, 0.4) is 0 Å². The number of nitrogens with zero attached hydrogens (tertiary/aromatic N) is 3. The van der Waals surface area contributed by atoms with Gasteiger partial charge in [-0.3, -0.25) is 9.69 Å². The number of anilines is 2. The Labute approximate surface area is 179 Å². The Hall–Kier alpha value is -2.42. The van der Waals surface area contributed by atoms with Crippen LogP contribution >= 0.6 is 0 Å². The third-order valence-electron chi connectivity index (χ3n) is 5.34. The summed E-state index contributed by atoms with van der Waals surface area (Å²) >= 11 is 0. The zero-order chi connectivity index (χ0) is 21.6. The molecule has 0 aromatic heterocycles. The molecule has 2 aromatic carbocycles. The molecule has 7 nitrogen and oxygen atoms in total. The minimum atomic E-state index is -3.49. The summed E-state index contributed by atoms with van der Waals surface area (Å²) in [6.45, 7) is 8.22. The number of benzene rings is 2. The highest BCUT2D eigenvalue weighted by atomic mass is 32.2. The van der Waals surface area contributed by atoms with Crippen LogP contribution in [0.1, 0.15) is 13.8 Å². The van der Waals surface area contributed by atoms with E-state index in [1.807, 2.05) is 32.0 Å². The maximum atomic E-state index is 12.5. The first kappa shape index (κ1) is 22.3. The fraction of sp³-hybridized carbons (Fsp3) is 0.409. The highest BCUT2D eigenvalue weighted by Crippen LogP contribution is 2.19. The molecule has 0 radical (unpaired) electrons. The fourth-order valence-electron chi connectivity index (χ4n) is 3.63. The number of amides is 1. The standard InChI is InChI=1S/C22H30N4O3S/c1-3-26(4-2)30(28,29)21-12-10-19(11-13-21)23-22(27)18-24-14-16-25(17-15-24)20-8-6-5-7-9-20/h5-13H,3-4,14-18H2,1-2H3,(H,23,27). The number of para-hydroxylation sites is 1. The molecule has 1 saturated heterocycles. The smallest absolute Gasteiger partial charge is 0.243 e. The topological polar surface area (TPSA) is 73.0 Å². The molecule has 162 valence electrons. The molecule has 8 heteroatoms. The predicted molar refractivity (Wildman–Crippen MR) is 120 cm³/mol. The van der Waals surface area contributed by atoms with E-state index in [1.165, 1.54) is 9.99 Å². The van der Waals surface area contributed by atoms with Crippen molar-refractivity contribution in [2.45, 2.75) is 18.7 Å². The summed E-state index contributed by atoms with van der Waals surface area (Å²) in [6.07, 6.45) is 0. The lowest BCUT2D eigenvalue weighted by molar-refractivity contribution is -0.117. The molecule has 0 atom stereocenters. The van der Waals surface area contributed by atoms with Gasteiger partial charge in [0.15, 0.2) is 0 Å². The van der Waals surface area contributed by atoms with Crippen molar-refractivity contribution >= 4 is 27.3 Å². The van der Waals surface area contributed by atoms with Gasteiger partial charge in [-0.25, -0.2) is 8.42 Å². The number of carbonyl (C=O) groups is 1. The second kappa shape index (κ2) is 10.1. The van der Waals surface area contributed by atoms with E-state index in [1.54, 1.807) is 24.3 Å². The van der Waals surface area contributed by atoms with Crippen molar-refractivity contribution in [2.24, 2.45) is 0 Å². The Bertz CT molecular complexity index is 921. The summed E-state index contributed by atoms with van der Waals surface area (Å²) in [4.78, 5) is 17.1. The van der Waals surface area contributed by atoms with Crippen molar-refractivity contribution in [2.75, 3.05) is 56.0 Å². The summed E-state index contributed by atoms with van der Waals surface area (Å²) in [5.74, 6) is -0.0949. The van der Waals surface area contributed by atoms with Crippen LogP contribution in [0.25, 0.3) is 0 Å². The Morgan fingerprint density at radius 2 is 1.53 bits per heavy atom. The quantitative estimate of drug-likeness (QED) is 0.697. The van der Waals surface area contributed by atoms with Crippen LogP contribution in [0, 0.1) is 0 Å². The molecule has 1 heterocycles. The highest BCUT2D eigenvalue weighted by Gasteiger charge is 2.22. The van der Waals surface area contributed by atoms with Crippen LogP contribution in [0.2, 0.25) is 0 Å². The third kappa shape index (κ3) is 5.38. The average molecular weight is 431 g/mol. The summed E-state index contributed by atoms with van der Waals surface area (Å²) in [5, 5.41) is 2.87. The van der Waals surface area contributed by atoms with Crippen LogP contribution in [0.4, 0.5) is 11.4 Å². The van der Waals surface area contributed by atoms with Gasteiger partial charge < -0.3 is 10.2 Å². The molecule has 0 aliphatic carbocycles. The fourth-order valence-corrected chi connectivity index (χ4v) is 5.09. The van der Waals surface area contributed by atoms with Crippen molar-refractivity contribution in [3.8, 4) is 0 Å². The number of piperazine rings is 1. The number of hydrogen-bond acceptors (Lipinski definition) is 5. The van der Waals surface area contributed by atoms with E-state index in [2.05, 4.69) is 27.2 Å². The van der Waals surface area contributed by atoms with Crippen LogP contribution in [0.5, 0.6) is 0 Å². The lowest BCUT2D eigenvalue weighted by Gasteiger charge is -2.35. The molecular formula is C22H30N4O3S. The minimum Gasteiger partial charge on any atom is -0.369 e. The lowest BCUT2D eigenvalue weighted by Crippen LogP contribution is -2.48. The monoisotopic (exact) mass is 430 g/mol. The number of nitrogens with one attached hydrogen (secondary N) is 1. The summed E-state index contributed by atoms with van der Waals surface area (Å²) < 4.78 is 26.5. The SMILES string of the molecule is CCN(CC)S(=O)(=O)c1ccc(NC(=O)CN2CCN(c3ccccc3)CC2)cc1. The molecule has 1 N–H and O–H groups in total. The Morgan fingerprint density at radius 1 is 0.933 bits per heavy atom. The van der Waals surface area contributed by atoms with E-state index in [0.29, 0.717) is 25.3 Å². The number of carbonyl (C=O) groups excluding carboxylic acids is 1. The van der Waals surface area contributed by atoms with Gasteiger partial charge in [-0.15, -0.1) is 0 Å². The molecular weight excluding hydrogens is 400 g/mol. The van der Waals surface area contributed by atoms with Gasteiger partial charge in [-0.1, -0.05) is 32.0 Å². The first-order chi connectivity index (χ1) is 14.4. The van der Waals surface area contributed by atoms with Gasteiger partial charge in [0.1, 0.15) is 0 Å². The second-order valence-corrected chi connectivity index (χ2v) is 9.20. The van der Waals surface area contributed by atoms with Gasteiger partial charge in [0.25, 0.3) is 0 Å². The van der Waals surface area contributed by atoms with Crippen molar-refractivity contribution < 1.29 is 13.2 Å². The lowest BCUT2D eigenvalue weighted by atomic mass is 10.2. The van der Waals surface area contributed by atoms with Crippen molar-refractivity contribution in [3.63, 3.8) is 0 Å². The van der Waals surface area contributed by atoms with Gasteiger partial charge >= 0.3 is 0 Å². The van der Waals surface area contributed by atoms with E-state index in [4.69, 9.17) is 0 Å². The zero-order valence-electron chi connectivity index (χ0n) is 17.6. The molecule has 0 saturated carbocycles. The highest BCUT2D eigenvalue weighted by molar-refractivity contribution is 7.89. The van der Waals surface area contributed by atoms with Crippen LogP contribution < -0.4 is 10.2 Å². The summed E-state index contributed by atoms with van der Waals surface area (Å²) in [7, 11) is -3.49. The predicted octanol–water partition coefficient (Wildman–Crippen LogP) is 2.48. The molecule has 3 rings (SSSR count). The van der Waals surface area contributed by atoms with E-state index in [0.717, 1.165) is 26.2 Å². The van der Waals surface area contributed by atoms with Gasteiger partial charge in [-0.05, 0) is 36.4 Å². The van der Waals surface area contributed by atoms with Gasteiger partial charge in [-0.2, -0.15) is 4.31 Å². The van der Waals surface area contributed by atoms with E-state index >= 15 is 0 Å². The molecule has 30 heavy (non-hydrogen) atoms.